The lowest BCUT2D eigenvalue weighted by Crippen LogP contribution is -2.25. The summed E-state index contributed by atoms with van der Waals surface area (Å²) in [6.45, 7) is 4.24. The monoisotopic (exact) mass is 208 g/mol. The number of hydrogen-bond donors (Lipinski definition) is 0. The first-order chi connectivity index (χ1) is 7.07. The number of halogens is 1. The lowest BCUT2D eigenvalue weighted by atomic mass is 9.60. The molecular weight excluding hydrogens is 190 g/mol. The van der Waals surface area contributed by atoms with Gasteiger partial charge >= 0.3 is 0 Å². The quantitative estimate of drug-likeness (QED) is 0.690. The molecule has 0 radical (unpaired) electrons. The summed E-state index contributed by atoms with van der Waals surface area (Å²) in [5, 5.41) is -0.00650. The topological polar surface area (TPSA) is 9.23 Å². The van der Waals surface area contributed by atoms with Crippen LogP contribution in [0.2, 0.25) is 0 Å². The Balaban J connectivity index is 3.26. The third-order valence-corrected chi connectivity index (χ3v) is 3.37. The molecule has 1 rings (SSSR count). The highest BCUT2D eigenvalue weighted by Crippen LogP contribution is 2.35. The summed E-state index contributed by atoms with van der Waals surface area (Å²) < 4.78 is 18.5. The minimum absolute atomic E-state index is 0.00650. The third kappa shape index (κ3) is 2.33. The summed E-state index contributed by atoms with van der Waals surface area (Å²) in [5.41, 5.74) is 0.968. The molecule has 0 saturated carbocycles. The van der Waals surface area contributed by atoms with E-state index in [4.69, 9.17) is 4.74 Å². The van der Waals surface area contributed by atoms with Gasteiger partial charge in [0.15, 0.2) is 0 Å². The third-order valence-electron chi connectivity index (χ3n) is 3.37. The van der Waals surface area contributed by atoms with Gasteiger partial charge in [-0.25, -0.2) is 4.39 Å². The second-order valence-corrected chi connectivity index (χ2v) is 4.11. The van der Waals surface area contributed by atoms with Crippen LogP contribution in [0.3, 0.4) is 0 Å². The lowest BCUT2D eigenvalue weighted by Gasteiger charge is -2.29. The van der Waals surface area contributed by atoms with Crippen molar-refractivity contribution in [1.29, 1.82) is 0 Å². The van der Waals surface area contributed by atoms with E-state index in [1.54, 1.807) is 19.2 Å². The van der Waals surface area contributed by atoms with Gasteiger partial charge in [-0.2, -0.15) is 0 Å². The molecule has 0 aliphatic carbocycles. The Bertz CT molecular complexity index is 334. The van der Waals surface area contributed by atoms with Crippen LogP contribution >= 0.6 is 0 Å². The molecule has 0 unspecified atom stereocenters. The van der Waals surface area contributed by atoms with Gasteiger partial charge < -0.3 is 4.74 Å². The molecule has 0 aromatic heterocycles. The standard InChI is InChI=1S/C12H18BFO/c1-4-12(13,5-2)10-8-9(14)6-7-11(10)15-3/h6-8H,4-5,13H2,1-3H3. The molecule has 0 N–H and O–H groups in total. The SMILES string of the molecule is BC(CC)(CC)c1cc(F)ccc1OC. The molecule has 15 heavy (non-hydrogen) atoms. The highest BCUT2D eigenvalue weighted by atomic mass is 19.1. The fourth-order valence-electron chi connectivity index (χ4n) is 1.78. The fourth-order valence-corrected chi connectivity index (χ4v) is 1.78. The summed E-state index contributed by atoms with van der Waals surface area (Å²) in [6.07, 6.45) is 1.95. The molecule has 1 nitrogen and oxygen atoms in total. The molecule has 1 aromatic rings. The van der Waals surface area contributed by atoms with Gasteiger partial charge in [0.1, 0.15) is 19.4 Å². The molecule has 0 saturated heterocycles. The average Bonchev–Trinajstić information content (AvgIpc) is 2.28. The first-order valence-corrected chi connectivity index (χ1v) is 5.41. The Morgan fingerprint density at radius 2 is 1.93 bits per heavy atom. The minimum atomic E-state index is -0.195. The summed E-state index contributed by atoms with van der Waals surface area (Å²) in [5.74, 6) is 0.585. The highest BCUT2D eigenvalue weighted by Gasteiger charge is 2.26. The Labute approximate surface area is 92.1 Å². The van der Waals surface area contributed by atoms with Crippen LogP contribution in [-0.2, 0) is 5.31 Å². The predicted octanol–water partition coefficient (Wildman–Crippen LogP) is 2.48. The zero-order valence-electron chi connectivity index (χ0n) is 9.93. The maximum absolute atomic E-state index is 13.2. The fraction of sp³-hybridized carbons (Fsp3) is 0.500. The lowest BCUT2D eigenvalue weighted by molar-refractivity contribution is 0.396. The van der Waals surface area contributed by atoms with Crippen LogP contribution in [-0.4, -0.2) is 15.0 Å². The van der Waals surface area contributed by atoms with Crippen LogP contribution < -0.4 is 4.74 Å². The maximum Gasteiger partial charge on any atom is 0.123 e. The summed E-state index contributed by atoms with van der Waals surface area (Å²) in [6, 6.07) is 4.73. The van der Waals surface area contributed by atoms with E-state index in [1.165, 1.54) is 6.07 Å². The molecule has 1 aromatic carbocycles. The van der Waals surface area contributed by atoms with Crippen LogP contribution in [0, 0.1) is 5.82 Å². The number of methoxy groups -OCH3 is 1. The van der Waals surface area contributed by atoms with E-state index in [1.807, 2.05) is 0 Å². The van der Waals surface area contributed by atoms with Crippen LogP contribution in [0.5, 0.6) is 5.75 Å². The highest BCUT2D eigenvalue weighted by molar-refractivity contribution is 6.16. The van der Waals surface area contributed by atoms with Crippen molar-refractivity contribution in [3.8, 4) is 5.75 Å². The van der Waals surface area contributed by atoms with Gasteiger partial charge in [-0.3, -0.25) is 0 Å². The zero-order chi connectivity index (χ0) is 11.5. The van der Waals surface area contributed by atoms with Crippen molar-refractivity contribution in [3.63, 3.8) is 0 Å². The Morgan fingerprint density at radius 3 is 2.40 bits per heavy atom. The Kier molecular flexibility index (Phi) is 3.78. The number of rotatable bonds is 4. The van der Waals surface area contributed by atoms with Crippen molar-refractivity contribution in [2.24, 2.45) is 0 Å². The van der Waals surface area contributed by atoms with E-state index in [9.17, 15) is 4.39 Å². The van der Waals surface area contributed by atoms with Crippen molar-refractivity contribution in [2.45, 2.75) is 32.0 Å². The van der Waals surface area contributed by atoms with Gasteiger partial charge in [0, 0.05) is 0 Å². The number of ether oxygens (including phenoxy) is 1. The van der Waals surface area contributed by atoms with E-state index in [0.717, 1.165) is 24.2 Å². The smallest absolute Gasteiger partial charge is 0.123 e. The van der Waals surface area contributed by atoms with E-state index in [-0.39, 0.29) is 11.1 Å². The van der Waals surface area contributed by atoms with E-state index in [2.05, 4.69) is 21.7 Å². The largest absolute Gasteiger partial charge is 0.496 e. The predicted molar refractivity (Wildman–Crippen MR) is 63.8 cm³/mol. The normalized spacial score (nSPS) is 11.5. The molecule has 82 valence electrons. The van der Waals surface area contributed by atoms with Crippen LogP contribution in [0.1, 0.15) is 32.3 Å². The van der Waals surface area contributed by atoms with Crippen molar-refractivity contribution < 1.29 is 9.13 Å². The van der Waals surface area contributed by atoms with Crippen molar-refractivity contribution in [3.05, 3.63) is 29.6 Å². The summed E-state index contributed by atoms with van der Waals surface area (Å²) in [4.78, 5) is 0. The molecule has 0 bridgehead atoms. The number of benzene rings is 1. The van der Waals surface area contributed by atoms with E-state index >= 15 is 0 Å². The Hall–Kier alpha value is -0.985. The van der Waals surface area contributed by atoms with Crippen LogP contribution in [0.25, 0.3) is 0 Å². The molecule has 3 heteroatoms. The molecule has 0 spiro atoms. The van der Waals surface area contributed by atoms with Gasteiger partial charge in [0.05, 0.1) is 7.11 Å². The zero-order valence-corrected chi connectivity index (χ0v) is 9.93. The van der Waals surface area contributed by atoms with Crippen molar-refractivity contribution in [2.75, 3.05) is 7.11 Å². The first kappa shape index (κ1) is 12.1. The van der Waals surface area contributed by atoms with Crippen molar-refractivity contribution in [1.82, 2.24) is 0 Å². The van der Waals surface area contributed by atoms with E-state index in [0.29, 0.717) is 0 Å². The van der Waals surface area contributed by atoms with Gasteiger partial charge in [-0.05, 0) is 29.1 Å². The Morgan fingerprint density at radius 1 is 1.33 bits per heavy atom. The molecule has 0 heterocycles. The van der Waals surface area contributed by atoms with Crippen molar-refractivity contribution >= 4 is 7.85 Å². The van der Waals surface area contributed by atoms with Gasteiger partial charge in [0.2, 0.25) is 0 Å². The minimum Gasteiger partial charge on any atom is -0.496 e. The second kappa shape index (κ2) is 4.69. The summed E-state index contributed by atoms with van der Waals surface area (Å²) in [7, 11) is 3.77. The average molecular weight is 208 g/mol. The van der Waals surface area contributed by atoms with Gasteiger partial charge in [-0.1, -0.05) is 26.7 Å². The molecule has 0 aliphatic rings. The molecule has 0 atom stereocenters. The van der Waals surface area contributed by atoms with Crippen LogP contribution in [0.15, 0.2) is 18.2 Å². The molecule has 0 aliphatic heterocycles. The van der Waals surface area contributed by atoms with Gasteiger partial charge in [-0.15, -0.1) is 0 Å². The molecule has 0 amide bonds. The van der Waals surface area contributed by atoms with Gasteiger partial charge in [0.25, 0.3) is 0 Å². The van der Waals surface area contributed by atoms with Crippen LogP contribution in [0.4, 0.5) is 4.39 Å². The first-order valence-electron chi connectivity index (χ1n) is 5.41. The second-order valence-electron chi connectivity index (χ2n) is 4.11. The number of hydrogen-bond acceptors (Lipinski definition) is 1. The summed E-state index contributed by atoms with van der Waals surface area (Å²) >= 11 is 0. The molecular formula is C12H18BFO. The van der Waals surface area contributed by atoms with E-state index < -0.39 is 0 Å². The maximum atomic E-state index is 13.2. The molecule has 0 fully saturated rings.